The zero-order valence-corrected chi connectivity index (χ0v) is 13.9. The second kappa shape index (κ2) is 6.72. The van der Waals surface area contributed by atoms with Crippen molar-refractivity contribution in [2.75, 3.05) is 11.9 Å². The lowest BCUT2D eigenvalue weighted by Gasteiger charge is -2.12. The third-order valence-electron chi connectivity index (χ3n) is 3.80. The quantitative estimate of drug-likeness (QED) is 0.582. The van der Waals surface area contributed by atoms with Gasteiger partial charge >= 0.3 is 6.01 Å². The lowest BCUT2D eigenvalue weighted by molar-refractivity contribution is 0.102. The number of hydrogen-bond donors (Lipinski definition) is 1. The highest BCUT2D eigenvalue weighted by Gasteiger charge is 2.19. The number of furan rings is 1. The Morgan fingerprint density at radius 3 is 2.81 bits per heavy atom. The van der Waals surface area contributed by atoms with Crippen LogP contribution in [0.4, 0.5) is 6.01 Å². The van der Waals surface area contributed by atoms with Crippen molar-refractivity contribution < 1.29 is 18.4 Å². The lowest BCUT2D eigenvalue weighted by atomic mass is 10.0. The predicted molar refractivity (Wildman–Crippen MR) is 95.1 cm³/mol. The van der Waals surface area contributed by atoms with Gasteiger partial charge in [-0.15, -0.1) is 5.10 Å². The second-order valence-corrected chi connectivity index (χ2v) is 5.44. The van der Waals surface area contributed by atoms with Crippen LogP contribution >= 0.6 is 0 Å². The number of nitrogens with one attached hydrogen (secondary N) is 1. The van der Waals surface area contributed by atoms with Gasteiger partial charge in [0.25, 0.3) is 11.8 Å². The summed E-state index contributed by atoms with van der Waals surface area (Å²) in [6.45, 7) is 2.31. The highest BCUT2D eigenvalue weighted by Crippen LogP contribution is 2.29. The number of carbonyl (C=O) groups is 1. The van der Waals surface area contributed by atoms with E-state index in [4.69, 9.17) is 13.6 Å². The Morgan fingerprint density at radius 1 is 1.12 bits per heavy atom. The molecule has 0 unspecified atom stereocenters. The van der Waals surface area contributed by atoms with E-state index in [2.05, 4.69) is 15.5 Å². The largest absolute Gasteiger partial charge is 0.493 e. The summed E-state index contributed by atoms with van der Waals surface area (Å²) in [5, 5.41) is 12.1. The fourth-order valence-electron chi connectivity index (χ4n) is 2.69. The summed E-state index contributed by atoms with van der Waals surface area (Å²) in [6, 6.07) is 14.7. The van der Waals surface area contributed by atoms with Crippen molar-refractivity contribution in [1.29, 1.82) is 0 Å². The van der Waals surface area contributed by atoms with Crippen LogP contribution in [0, 0.1) is 0 Å². The van der Waals surface area contributed by atoms with Crippen molar-refractivity contribution >= 4 is 22.7 Å². The van der Waals surface area contributed by atoms with Crippen LogP contribution in [0.15, 0.2) is 63.6 Å². The summed E-state index contributed by atoms with van der Waals surface area (Å²) in [5.41, 5.74) is 0.419. The first kappa shape index (κ1) is 15.9. The zero-order chi connectivity index (χ0) is 17.9. The molecule has 0 aliphatic heterocycles. The smallest absolute Gasteiger partial charge is 0.322 e. The van der Waals surface area contributed by atoms with Gasteiger partial charge in [0.1, 0.15) is 5.75 Å². The van der Waals surface area contributed by atoms with Crippen molar-refractivity contribution in [3.05, 3.63) is 60.4 Å². The number of rotatable bonds is 5. The van der Waals surface area contributed by atoms with E-state index in [1.54, 1.807) is 18.2 Å². The number of ether oxygens (including phenoxy) is 1. The van der Waals surface area contributed by atoms with Crippen LogP contribution in [0.2, 0.25) is 0 Å². The van der Waals surface area contributed by atoms with Gasteiger partial charge in [-0.05, 0) is 35.9 Å². The number of hydrogen-bond acceptors (Lipinski definition) is 6. The Balaban J connectivity index is 1.68. The van der Waals surface area contributed by atoms with Crippen LogP contribution in [0.1, 0.15) is 17.3 Å². The van der Waals surface area contributed by atoms with Crippen molar-refractivity contribution in [2.24, 2.45) is 0 Å². The molecule has 4 rings (SSSR count). The van der Waals surface area contributed by atoms with Gasteiger partial charge in [0.15, 0.2) is 5.76 Å². The average Bonchev–Trinajstić information content (AvgIpc) is 3.33. The maximum absolute atomic E-state index is 12.9. The van der Waals surface area contributed by atoms with E-state index >= 15 is 0 Å². The predicted octanol–water partition coefficient (Wildman–Crippen LogP) is 4.13. The number of carbonyl (C=O) groups excluding carboxylic acids is 1. The zero-order valence-electron chi connectivity index (χ0n) is 13.9. The summed E-state index contributed by atoms with van der Waals surface area (Å²) < 4.78 is 16.3. The van der Waals surface area contributed by atoms with E-state index in [0.29, 0.717) is 23.7 Å². The van der Waals surface area contributed by atoms with Crippen LogP contribution in [0.5, 0.6) is 5.75 Å². The van der Waals surface area contributed by atoms with E-state index < -0.39 is 0 Å². The topological polar surface area (TPSA) is 90.4 Å². The number of aromatic nitrogens is 2. The Kier molecular flexibility index (Phi) is 4.10. The summed E-state index contributed by atoms with van der Waals surface area (Å²) in [6.07, 6.45) is 1.50. The Labute approximate surface area is 148 Å². The molecule has 0 spiro atoms. The first-order chi connectivity index (χ1) is 12.8. The average molecular weight is 349 g/mol. The molecule has 0 saturated carbocycles. The first-order valence-electron chi connectivity index (χ1n) is 8.09. The van der Waals surface area contributed by atoms with Gasteiger partial charge in [-0.25, -0.2) is 0 Å². The molecule has 1 N–H and O–H groups in total. The molecule has 2 aromatic carbocycles. The van der Waals surface area contributed by atoms with E-state index in [0.717, 1.165) is 10.8 Å². The van der Waals surface area contributed by atoms with Crippen LogP contribution in [0.3, 0.4) is 0 Å². The minimum atomic E-state index is -0.389. The highest BCUT2D eigenvalue weighted by molar-refractivity contribution is 6.14. The Hall–Kier alpha value is -3.61. The summed E-state index contributed by atoms with van der Waals surface area (Å²) in [7, 11) is 0. The van der Waals surface area contributed by atoms with Gasteiger partial charge in [0.2, 0.25) is 0 Å². The highest BCUT2D eigenvalue weighted by atomic mass is 16.5. The molecule has 2 aromatic heterocycles. The molecule has 0 fully saturated rings. The SMILES string of the molecule is CCOc1ccc2ccccc2c1C(=O)Nc1nnc(-c2ccco2)o1. The third-order valence-corrected chi connectivity index (χ3v) is 3.80. The fourth-order valence-corrected chi connectivity index (χ4v) is 2.69. The Bertz CT molecular complexity index is 1050. The van der Waals surface area contributed by atoms with Gasteiger partial charge in [-0.2, -0.15) is 0 Å². The number of amides is 1. The maximum atomic E-state index is 12.9. The van der Waals surface area contributed by atoms with Crippen molar-refractivity contribution in [3.8, 4) is 17.4 Å². The van der Waals surface area contributed by atoms with Crippen LogP contribution in [-0.2, 0) is 0 Å². The molecular weight excluding hydrogens is 334 g/mol. The van der Waals surface area contributed by atoms with Gasteiger partial charge in [-0.3, -0.25) is 10.1 Å². The summed E-state index contributed by atoms with van der Waals surface area (Å²) in [4.78, 5) is 12.9. The molecule has 0 atom stereocenters. The monoisotopic (exact) mass is 349 g/mol. The Morgan fingerprint density at radius 2 is 2.00 bits per heavy atom. The van der Waals surface area contributed by atoms with Crippen LogP contribution in [-0.4, -0.2) is 22.7 Å². The molecule has 2 heterocycles. The molecule has 0 aliphatic carbocycles. The van der Waals surface area contributed by atoms with Gasteiger partial charge in [-0.1, -0.05) is 35.4 Å². The van der Waals surface area contributed by atoms with E-state index in [1.165, 1.54) is 6.26 Å². The molecule has 26 heavy (non-hydrogen) atoms. The molecule has 0 saturated heterocycles. The fraction of sp³-hybridized carbons (Fsp3) is 0.105. The summed E-state index contributed by atoms with van der Waals surface area (Å²) >= 11 is 0. The van der Waals surface area contributed by atoms with Gasteiger partial charge < -0.3 is 13.6 Å². The van der Waals surface area contributed by atoms with Crippen LogP contribution in [0.25, 0.3) is 22.4 Å². The van der Waals surface area contributed by atoms with Gasteiger partial charge in [0.05, 0.1) is 18.4 Å². The van der Waals surface area contributed by atoms with Gasteiger partial charge in [0, 0.05) is 0 Å². The van der Waals surface area contributed by atoms with Crippen molar-refractivity contribution in [1.82, 2.24) is 10.2 Å². The first-order valence-corrected chi connectivity index (χ1v) is 8.09. The molecule has 0 bridgehead atoms. The van der Waals surface area contributed by atoms with E-state index in [9.17, 15) is 4.79 Å². The minimum Gasteiger partial charge on any atom is -0.493 e. The molecule has 0 radical (unpaired) electrons. The number of anilines is 1. The van der Waals surface area contributed by atoms with E-state index in [1.807, 2.05) is 37.3 Å². The standard InChI is InChI=1S/C19H15N3O4/c1-2-24-14-10-9-12-6-3-4-7-13(12)16(14)17(23)20-19-22-21-18(26-19)15-8-5-11-25-15/h3-11H,2H2,1H3,(H,20,22,23). The molecule has 130 valence electrons. The molecule has 0 aliphatic rings. The number of benzene rings is 2. The van der Waals surface area contributed by atoms with Crippen molar-refractivity contribution in [3.63, 3.8) is 0 Å². The minimum absolute atomic E-state index is 0.0169. The third kappa shape index (κ3) is 2.90. The lowest BCUT2D eigenvalue weighted by Crippen LogP contribution is -2.14. The van der Waals surface area contributed by atoms with Crippen LogP contribution < -0.4 is 10.1 Å². The van der Waals surface area contributed by atoms with Crippen molar-refractivity contribution in [2.45, 2.75) is 6.92 Å². The second-order valence-electron chi connectivity index (χ2n) is 5.44. The molecule has 1 amide bonds. The normalized spacial score (nSPS) is 10.8. The van der Waals surface area contributed by atoms with E-state index in [-0.39, 0.29) is 17.8 Å². The number of nitrogens with zero attached hydrogens (tertiary/aromatic N) is 2. The molecule has 4 aromatic rings. The molecular formula is C19H15N3O4. The molecule has 7 heteroatoms. The molecule has 7 nitrogen and oxygen atoms in total. The summed E-state index contributed by atoms with van der Waals surface area (Å²) in [5.74, 6) is 0.723. The number of fused-ring (bicyclic) bond motifs is 1. The maximum Gasteiger partial charge on any atom is 0.322 e.